The number of para-hydroxylation sites is 1. The van der Waals surface area contributed by atoms with Crippen molar-refractivity contribution in [3.8, 4) is 0 Å². The summed E-state index contributed by atoms with van der Waals surface area (Å²) in [6.45, 7) is 4.44. The van der Waals surface area contributed by atoms with E-state index in [0.717, 1.165) is 16.8 Å². The summed E-state index contributed by atoms with van der Waals surface area (Å²) in [5.74, 6) is 0.294. The van der Waals surface area contributed by atoms with Crippen LogP contribution in [0.2, 0.25) is 0 Å². The molecule has 2 aromatic heterocycles. The standard InChI is InChI=1S/C32H30N4O4S/c1-3-28(30(38)34-24-9-6-8-21(2)18-24)41-32-35-27-12-5-4-11-26(27)31(39)36(32)20-22-13-15-23(16-14-22)29(37)33-19-25-10-7-17-40-25/h4-18,28H,3,19-20H2,1-2H3,(H,33,37)(H,34,38). The summed E-state index contributed by atoms with van der Waals surface area (Å²) in [5.41, 5.74) is 3.49. The molecule has 41 heavy (non-hydrogen) atoms. The van der Waals surface area contributed by atoms with Gasteiger partial charge in [-0.1, -0.05) is 55.1 Å². The normalized spacial score (nSPS) is 11.8. The van der Waals surface area contributed by atoms with Crippen LogP contribution < -0.4 is 16.2 Å². The van der Waals surface area contributed by atoms with Crippen LogP contribution in [0.15, 0.2) is 106 Å². The van der Waals surface area contributed by atoms with Gasteiger partial charge < -0.3 is 15.1 Å². The van der Waals surface area contributed by atoms with Crippen LogP contribution in [0.1, 0.15) is 40.6 Å². The van der Waals surface area contributed by atoms with E-state index in [-0.39, 0.29) is 23.9 Å². The van der Waals surface area contributed by atoms with Crippen molar-refractivity contribution in [2.24, 2.45) is 0 Å². The topological polar surface area (TPSA) is 106 Å². The fourth-order valence-corrected chi connectivity index (χ4v) is 5.41. The van der Waals surface area contributed by atoms with E-state index in [1.807, 2.05) is 62.4 Å². The highest BCUT2D eigenvalue weighted by atomic mass is 32.2. The molecule has 0 radical (unpaired) electrons. The van der Waals surface area contributed by atoms with E-state index in [9.17, 15) is 14.4 Å². The molecule has 208 valence electrons. The summed E-state index contributed by atoms with van der Waals surface area (Å²) in [5, 5.41) is 6.32. The second-order valence-electron chi connectivity index (χ2n) is 9.64. The summed E-state index contributed by atoms with van der Waals surface area (Å²) < 4.78 is 6.86. The minimum atomic E-state index is -0.463. The average Bonchev–Trinajstić information content (AvgIpc) is 3.50. The second kappa shape index (κ2) is 12.7. The first-order valence-corrected chi connectivity index (χ1v) is 14.2. The Hall–Kier alpha value is -4.63. The van der Waals surface area contributed by atoms with E-state index in [2.05, 4.69) is 10.6 Å². The lowest BCUT2D eigenvalue weighted by atomic mass is 10.1. The van der Waals surface area contributed by atoms with Crippen molar-refractivity contribution >= 4 is 40.2 Å². The molecule has 3 aromatic carbocycles. The summed E-state index contributed by atoms with van der Waals surface area (Å²) in [4.78, 5) is 44.2. The Kier molecular flexibility index (Phi) is 8.64. The van der Waals surface area contributed by atoms with Gasteiger partial charge >= 0.3 is 0 Å². The first kappa shape index (κ1) is 27.9. The third-order valence-electron chi connectivity index (χ3n) is 6.58. The van der Waals surface area contributed by atoms with Crippen molar-refractivity contribution in [3.05, 3.63) is 124 Å². The average molecular weight is 567 g/mol. The number of carbonyl (C=O) groups is 2. The van der Waals surface area contributed by atoms with Crippen molar-refractivity contribution in [1.29, 1.82) is 0 Å². The maximum Gasteiger partial charge on any atom is 0.262 e. The molecule has 2 N–H and O–H groups in total. The van der Waals surface area contributed by atoms with Crippen LogP contribution in [0.4, 0.5) is 5.69 Å². The van der Waals surface area contributed by atoms with Gasteiger partial charge in [-0.25, -0.2) is 4.98 Å². The number of fused-ring (bicyclic) bond motifs is 1. The number of hydrogen-bond acceptors (Lipinski definition) is 6. The van der Waals surface area contributed by atoms with Gasteiger partial charge in [0.2, 0.25) is 5.91 Å². The summed E-state index contributed by atoms with van der Waals surface area (Å²) in [6, 6.07) is 25.5. The van der Waals surface area contributed by atoms with Gasteiger partial charge in [-0.2, -0.15) is 0 Å². The molecule has 0 saturated heterocycles. The highest BCUT2D eigenvalue weighted by Crippen LogP contribution is 2.27. The number of anilines is 1. The van der Waals surface area contributed by atoms with Gasteiger partial charge in [0.05, 0.1) is 35.5 Å². The van der Waals surface area contributed by atoms with Crippen LogP contribution in [-0.4, -0.2) is 26.6 Å². The van der Waals surface area contributed by atoms with Crippen LogP contribution in [0.25, 0.3) is 10.9 Å². The van der Waals surface area contributed by atoms with Gasteiger partial charge in [0.1, 0.15) is 5.76 Å². The molecule has 8 nitrogen and oxygen atoms in total. The number of carbonyl (C=O) groups excluding carboxylic acids is 2. The Balaban J connectivity index is 1.38. The molecule has 1 unspecified atom stereocenters. The molecule has 2 heterocycles. The Labute approximate surface area is 241 Å². The number of amides is 2. The maximum atomic E-state index is 13.6. The molecule has 0 bridgehead atoms. The molecule has 0 aliphatic carbocycles. The monoisotopic (exact) mass is 566 g/mol. The van der Waals surface area contributed by atoms with Crippen LogP contribution in [0.5, 0.6) is 0 Å². The molecule has 5 aromatic rings. The zero-order valence-electron chi connectivity index (χ0n) is 22.8. The molecule has 0 aliphatic rings. The molecule has 0 spiro atoms. The van der Waals surface area contributed by atoms with E-state index in [4.69, 9.17) is 9.40 Å². The van der Waals surface area contributed by atoms with Crippen LogP contribution in [0.3, 0.4) is 0 Å². The number of furan rings is 1. The molecule has 0 aliphatic heterocycles. The third-order valence-corrected chi connectivity index (χ3v) is 7.94. The molecule has 0 fully saturated rings. The van der Waals surface area contributed by atoms with Gasteiger partial charge in [0, 0.05) is 11.3 Å². The van der Waals surface area contributed by atoms with Crippen LogP contribution >= 0.6 is 11.8 Å². The van der Waals surface area contributed by atoms with Crippen molar-refractivity contribution in [2.45, 2.75) is 43.8 Å². The minimum Gasteiger partial charge on any atom is -0.467 e. The van der Waals surface area contributed by atoms with Crippen LogP contribution in [0, 0.1) is 6.92 Å². The quantitative estimate of drug-likeness (QED) is 0.164. The highest BCUT2D eigenvalue weighted by molar-refractivity contribution is 8.00. The lowest BCUT2D eigenvalue weighted by Gasteiger charge is -2.18. The SMILES string of the molecule is CCC(Sc1nc2ccccc2c(=O)n1Cc1ccc(C(=O)NCc2ccco2)cc1)C(=O)Nc1cccc(C)c1. The zero-order valence-corrected chi connectivity index (χ0v) is 23.6. The number of nitrogens with zero attached hydrogens (tertiary/aromatic N) is 2. The van der Waals surface area contributed by atoms with Crippen molar-refractivity contribution in [3.63, 3.8) is 0 Å². The first-order chi connectivity index (χ1) is 19.9. The van der Waals surface area contributed by atoms with E-state index in [0.29, 0.717) is 40.3 Å². The zero-order chi connectivity index (χ0) is 28.8. The highest BCUT2D eigenvalue weighted by Gasteiger charge is 2.22. The molecular formula is C32H30N4O4S. The summed E-state index contributed by atoms with van der Waals surface area (Å²) in [7, 11) is 0. The van der Waals surface area contributed by atoms with Crippen molar-refractivity contribution in [1.82, 2.24) is 14.9 Å². The number of aryl methyl sites for hydroxylation is 1. The minimum absolute atomic E-state index is 0.151. The number of benzene rings is 3. The van der Waals surface area contributed by atoms with E-state index in [1.165, 1.54) is 11.8 Å². The Bertz CT molecular complexity index is 1730. The fraction of sp³-hybridized carbons (Fsp3) is 0.188. The van der Waals surface area contributed by atoms with E-state index in [1.54, 1.807) is 47.2 Å². The fourth-order valence-electron chi connectivity index (χ4n) is 4.40. The molecule has 5 rings (SSSR count). The van der Waals surface area contributed by atoms with E-state index >= 15 is 0 Å². The summed E-state index contributed by atoms with van der Waals surface area (Å²) >= 11 is 1.28. The lowest BCUT2D eigenvalue weighted by molar-refractivity contribution is -0.115. The van der Waals surface area contributed by atoms with Gasteiger partial charge in [0.15, 0.2) is 5.16 Å². The smallest absolute Gasteiger partial charge is 0.262 e. The largest absolute Gasteiger partial charge is 0.467 e. The van der Waals surface area contributed by atoms with Gasteiger partial charge in [-0.3, -0.25) is 19.0 Å². The predicted octanol–water partition coefficient (Wildman–Crippen LogP) is 5.79. The maximum absolute atomic E-state index is 13.6. The van der Waals surface area contributed by atoms with Gasteiger partial charge in [-0.15, -0.1) is 0 Å². The van der Waals surface area contributed by atoms with E-state index < -0.39 is 5.25 Å². The van der Waals surface area contributed by atoms with Crippen molar-refractivity contribution < 1.29 is 14.0 Å². The first-order valence-electron chi connectivity index (χ1n) is 13.3. The number of thioether (sulfide) groups is 1. The molecule has 2 amide bonds. The second-order valence-corrected chi connectivity index (χ2v) is 10.8. The van der Waals surface area contributed by atoms with Crippen LogP contribution in [-0.2, 0) is 17.9 Å². The number of aromatic nitrogens is 2. The Morgan fingerprint density at radius 3 is 2.54 bits per heavy atom. The third kappa shape index (κ3) is 6.75. The molecular weight excluding hydrogens is 536 g/mol. The molecule has 9 heteroatoms. The Morgan fingerprint density at radius 2 is 1.80 bits per heavy atom. The van der Waals surface area contributed by atoms with Gasteiger partial charge in [-0.05, 0) is 73.0 Å². The predicted molar refractivity (Wildman–Crippen MR) is 161 cm³/mol. The number of nitrogens with one attached hydrogen (secondary N) is 2. The van der Waals surface area contributed by atoms with Gasteiger partial charge in [0.25, 0.3) is 11.5 Å². The molecule has 0 saturated carbocycles. The Morgan fingerprint density at radius 1 is 1.00 bits per heavy atom. The van der Waals surface area contributed by atoms with Crippen molar-refractivity contribution in [2.75, 3.05) is 5.32 Å². The number of rotatable bonds is 10. The number of hydrogen-bond donors (Lipinski definition) is 2. The molecule has 1 atom stereocenters. The summed E-state index contributed by atoms with van der Waals surface area (Å²) in [6.07, 6.45) is 2.11. The lowest BCUT2D eigenvalue weighted by Crippen LogP contribution is -2.28.